The number of carbonyl (C=O) groups excluding carboxylic acids is 2. The maximum Gasteiger partial charge on any atom is 0.350 e. The lowest BCUT2D eigenvalue weighted by molar-refractivity contribution is -0.141. The predicted octanol–water partition coefficient (Wildman–Crippen LogP) is 4.99. The molecule has 1 aromatic heterocycles. The third-order valence-corrected chi connectivity index (χ3v) is 8.55. The molecule has 2 N–H and O–H groups in total. The van der Waals surface area contributed by atoms with Crippen LogP contribution in [0.5, 0.6) is 0 Å². The number of ether oxygens (including phenoxy) is 1. The van der Waals surface area contributed by atoms with E-state index >= 15 is 0 Å². The highest BCUT2D eigenvalue weighted by Gasteiger charge is 2.36. The number of nitrogens with zero attached hydrogens (tertiary/aromatic N) is 3. The van der Waals surface area contributed by atoms with Crippen molar-refractivity contribution < 1.29 is 14.3 Å². The molecule has 222 valence electrons. The Labute approximate surface area is 247 Å². The molecular weight excluding hydrogens is 530 g/mol. The summed E-state index contributed by atoms with van der Waals surface area (Å²) >= 11 is 0. The van der Waals surface area contributed by atoms with Gasteiger partial charge in [-0.1, -0.05) is 69.2 Å². The van der Waals surface area contributed by atoms with Gasteiger partial charge in [0, 0.05) is 5.39 Å². The zero-order valence-electron chi connectivity index (χ0n) is 24.8. The Morgan fingerprint density at radius 3 is 2.60 bits per heavy atom. The fraction of sp³-hybridized carbons (Fsp3) is 0.485. The first kappa shape index (κ1) is 30.8. The number of nitrogens with one attached hydrogen (secondary N) is 2. The van der Waals surface area contributed by atoms with Gasteiger partial charge in [0.15, 0.2) is 0 Å². The molecule has 0 aliphatic heterocycles. The predicted molar refractivity (Wildman–Crippen MR) is 163 cm³/mol. The van der Waals surface area contributed by atoms with Gasteiger partial charge in [0.25, 0.3) is 0 Å². The highest BCUT2D eigenvalue weighted by atomic mass is 16.5. The van der Waals surface area contributed by atoms with Crippen molar-refractivity contribution in [2.24, 2.45) is 11.3 Å². The van der Waals surface area contributed by atoms with Gasteiger partial charge < -0.3 is 15.4 Å². The number of hydrogen-bond donors (Lipinski definition) is 2. The van der Waals surface area contributed by atoms with Crippen LogP contribution in [0.25, 0.3) is 10.9 Å². The molecule has 0 saturated heterocycles. The minimum atomic E-state index is -0.705. The molecule has 0 radical (unpaired) electrons. The minimum Gasteiger partial charge on any atom is -0.468 e. The number of anilines is 1. The van der Waals surface area contributed by atoms with Crippen molar-refractivity contribution in [2.75, 3.05) is 12.4 Å². The summed E-state index contributed by atoms with van der Waals surface area (Å²) in [4.78, 5) is 43.1. The molecule has 3 atom stereocenters. The Balaban J connectivity index is 1.59. The van der Waals surface area contributed by atoms with Gasteiger partial charge in [-0.3, -0.25) is 14.2 Å². The number of amides is 1. The summed E-state index contributed by atoms with van der Waals surface area (Å²) < 4.78 is 6.04. The number of aryl methyl sites for hydroxylation is 1. The van der Waals surface area contributed by atoms with E-state index in [0.29, 0.717) is 23.7 Å². The zero-order valence-corrected chi connectivity index (χ0v) is 24.8. The van der Waals surface area contributed by atoms with Gasteiger partial charge in [-0.15, -0.1) is 0 Å². The molecule has 1 aliphatic carbocycles. The minimum absolute atomic E-state index is 0.0577. The van der Waals surface area contributed by atoms with Gasteiger partial charge >= 0.3 is 11.7 Å². The Bertz CT molecular complexity index is 1480. The first-order valence-electron chi connectivity index (χ1n) is 14.8. The average Bonchev–Trinajstić information content (AvgIpc) is 2.99. The second-order valence-corrected chi connectivity index (χ2v) is 11.9. The van der Waals surface area contributed by atoms with Crippen molar-refractivity contribution in [3.8, 4) is 6.07 Å². The largest absolute Gasteiger partial charge is 0.468 e. The molecule has 1 heterocycles. The van der Waals surface area contributed by atoms with Crippen LogP contribution in [0.15, 0.2) is 59.4 Å². The monoisotopic (exact) mass is 571 g/mol. The van der Waals surface area contributed by atoms with Crippen molar-refractivity contribution in [3.63, 3.8) is 0 Å². The van der Waals surface area contributed by atoms with Crippen LogP contribution in [0.4, 0.5) is 5.82 Å². The lowest BCUT2D eigenvalue weighted by atomic mass is 9.66. The van der Waals surface area contributed by atoms with Crippen LogP contribution in [-0.2, 0) is 27.3 Å². The fourth-order valence-electron chi connectivity index (χ4n) is 5.97. The summed E-state index contributed by atoms with van der Waals surface area (Å²) in [5, 5.41) is 16.7. The quantitative estimate of drug-likeness (QED) is 0.293. The number of esters is 1. The number of benzene rings is 2. The maximum absolute atomic E-state index is 13.8. The number of aromatic nitrogens is 2. The standard InChI is InChI=1S/C33H41N5O4/c1-33(2)19-10-9-15-24(33)20-27(31(40)35-25(21-34)16-11-14-23-12-5-4-6-13-23)36-30-26-17-7-8-18-28(26)38(32(41)37-30)22-29(39)42-3/h4-8,12-13,17-18,24-25,27H,9-11,14-16,19-20,22H2,1-3H3,(H,35,40)(H,36,37,41). The van der Waals surface area contributed by atoms with Crippen molar-refractivity contribution in [2.45, 2.75) is 83.8 Å². The highest BCUT2D eigenvalue weighted by molar-refractivity contribution is 5.93. The summed E-state index contributed by atoms with van der Waals surface area (Å²) in [5.74, 6) is -0.286. The number of fused-ring (bicyclic) bond motifs is 1. The fourth-order valence-corrected chi connectivity index (χ4v) is 5.97. The molecule has 1 aliphatic rings. The van der Waals surface area contributed by atoms with Gasteiger partial charge in [-0.05, 0) is 67.6 Å². The Hall–Kier alpha value is -4.19. The summed E-state index contributed by atoms with van der Waals surface area (Å²) in [5.41, 5.74) is 1.15. The second-order valence-electron chi connectivity index (χ2n) is 11.9. The molecule has 0 bridgehead atoms. The first-order chi connectivity index (χ1) is 20.2. The van der Waals surface area contributed by atoms with E-state index in [1.54, 1.807) is 18.2 Å². The van der Waals surface area contributed by atoms with E-state index in [1.807, 2.05) is 24.3 Å². The van der Waals surface area contributed by atoms with Crippen LogP contribution >= 0.6 is 0 Å². The van der Waals surface area contributed by atoms with Crippen molar-refractivity contribution in [1.82, 2.24) is 14.9 Å². The van der Waals surface area contributed by atoms with Crippen LogP contribution in [0.2, 0.25) is 0 Å². The van der Waals surface area contributed by atoms with E-state index in [-0.39, 0.29) is 29.6 Å². The zero-order chi connectivity index (χ0) is 30.1. The Kier molecular flexibility index (Phi) is 10.3. The molecule has 0 spiro atoms. The van der Waals surface area contributed by atoms with Crippen LogP contribution in [0, 0.1) is 22.7 Å². The smallest absolute Gasteiger partial charge is 0.350 e. The maximum atomic E-state index is 13.8. The second kappa shape index (κ2) is 14.1. The molecule has 1 amide bonds. The SMILES string of the molecule is COC(=O)Cn1c(=O)nc(NC(CC2CCCCC2(C)C)C(=O)NC(C#N)CCCc2ccccc2)c2ccccc21. The summed E-state index contributed by atoms with van der Waals surface area (Å²) in [6, 6.07) is 18.1. The number of carbonyl (C=O) groups is 2. The summed E-state index contributed by atoms with van der Waals surface area (Å²) in [6.07, 6.45) is 7.02. The molecule has 9 heteroatoms. The van der Waals surface area contributed by atoms with E-state index in [9.17, 15) is 19.6 Å². The van der Waals surface area contributed by atoms with E-state index in [4.69, 9.17) is 4.74 Å². The molecule has 2 aromatic carbocycles. The first-order valence-corrected chi connectivity index (χ1v) is 14.8. The van der Waals surface area contributed by atoms with E-state index in [0.717, 1.165) is 38.5 Å². The van der Waals surface area contributed by atoms with Crippen molar-refractivity contribution >= 4 is 28.6 Å². The van der Waals surface area contributed by atoms with Crippen LogP contribution in [0.1, 0.15) is 64.4 Å². The lowest BCUT2D eigenvalue weighted by Crippen LogP contribution is -2.47. The van der Waals surface area contributed by atoms with Crippen LogP contribution in [-0.4, -0.2) is 40.6 Å². The van der Waals surface area contributed by atoms with E-state index < -0.39 is 23.7 Å². The van der Waals surface area contributed by atoms with Gasteiger partial charge in [0.2, 0.25) is 5.91 Å². The number of rotatable bonds is 12. The van der Waals surface area contributed by atoms with Gasteiger partial charge in [0.05, 0.1) is 18.7 Å². The highest BCUT2D eigenvalue weighted by Crippen LogP contribution is 2.43. The van der Waals surface area contributed by atoms with Crippen molar-refractivity contribution in [3.05, 3.63) is 70.6 Å². The molecule has 3 unspecified atom stereocenters. The molecule has 42 heavy (non-hydrogen) atoms. The van der Waals surface area contributed by atoms with Crippen LogP contribution in [0.3, 0.4) is 0 Å². The molecule has 1 fully saturated rings. The Morgan fingerprint density at radius 2 is 1.88 bits per heavy atom. The average molecular weight is 572 g/mol. The van der Waals surface area contributed by atoms with Crippen LogP contribution < -0.4 is 16.3 Å². The molecule has 9 nitrogen and oxygen atoms in total. The molecule has 4 rings (SSSR count). The van der Waals surface area contributed by atoms with E-state index in [2.05, 4.69) is 47.7 Å². The number of nitriles is 1. The molecule has 3 aromatic rings. The summed E-state index contributed by atoms with van der Waals surface area (Å²) in [7, 11) is 1.27. The molecular formula is C33H41N5O4. The third-order valence-electron chi connectivity index (χ3n) is 8.55. The lowest BCUT2D eigenvalue weighted by Gasteiger charge is -2.40. The van der Waals surface area contributed by atoms with Gasteiger partial charge in [-0.25, -0.2) is 4.79 Å². The normalized spacial score (nSPS) is 17.5. The van der Waals surface area contributed by atoms with Crippen molar-refractivity contribution in [1.29, 1.82) is 5.26 Å². The topological polar surface area (TPSA) is 126 Å². The van der Waals surface area contributed by atoms with Gasteiger partial charge in [-0.2, -0.15) is 10.2 Å². The van der Waals surface area contributed by atoms with Gasteiger partial charge in [0.1, 0.15) is 24.4 Å². The number of para-hydroxylation sites is 1. The summed E-state index contributed by atoms with van der Waals surface area (Å²) in [6.45, 7) is 4.22. The molecule has 1 saturated carbocycles. The van der Waals surface area contributed by atoms with E-state index in [1.165, 1.54) is 17.2 Å². The number of methoxy groups -OCH3 is 1. The Morgan fingerprint density at radius 1 is 1.14 bits per heavy atom. The number of hydrogen-bond acceptors (Lipinski definition) is 7. The third kappa shape index (κ3) is 7.75.